The van der Waals surface area contributed by atoms with Gasteiger partial charge in [0.2, 0.25) is 0 Å². The van der Waals surface area contributed by atoms with Gasteiger partial charge in [-0.15, -0.1) is 0 Å². The van der Waals surface area contributed by atoms with E-state index in [0.29, 0.717) is 4.00 Å². The van der Waals surface area contributed by atoms with E-state index >= 15 is 0 Å². The molecule has 1 aromatic heterocycles. The van der Waals surface area contributed by atoms with Gasteiger partial charge in [-0.3, -0.25) is 0 Å². The number of halogens is 2. The van der Waals surface area contributed by atoms with E-state index in [1.54, 1.807) is 0 Å². The Hall–Kier alpha value is -0.700. The molecule has 4 heteroatoms. The highest BCUT2D eigenvalue weighted by Crippen LogP contribution is 2.38. The zero-order valence-corrected chi connectivity index (χ0v) is 12.5. The van der Waals surface area contributed by atoms with Crippen molar-refractivity contribution < 1.29 is 8.42 Å². The minimum atomic E-state index is 0.448. The summed E-state index contributed by atoms with van der Waals surface area (Å²) in [5, 5.41) is 1.99. The number of quaternary nitrogens is 1. The predicted molar refractivity (Wildman–Crippen MR) is 79.2 cm³/mol. The molecule has 1 radical (unpaired) electrons. The summed E-state index contributed by atoms with van der Waals surface area (Å²) in [5.74, 6) is 1.01. The quantitative estimate of drug-likeness (QED) is 0.744. The minimum absolute atomic E-state index is 0.448. The molecule has 101 valence electrons. The van der Waals surface area contributed by atoms with Crippen molar-refractivity contribution in [1.82, 2.24) is 0 Å². The second-order valence-electron chi connectivity index (χ2n) is 5.40. The van der Waals surface area contributed by atoms with E-state index in [9.17, 15) is 0 Å². The molecule has 1 aliphatic heterocycles. The number of rotatable bonds is 2. The summed E-state index contributed by atoms with van der Waals surface area (Å²) in [6.07, 6.45) is 2.55. The van der Waals surface area contributed by atoms with E-state index in [4.69, 9.17) is 27.8 Å². The van der Waals surface area contributed by atoms with Crippen LogP contribution in [0.2, 0.25) is 5.02 Å². The highest BCUT2D eigenvalue weighted by Gasteiger charge is 2.31. The van der Waals surface area contributed by atoms with Crippen LogP contribution in [0.15, 0.2) is 16.5 Å². The van der Waals surface area contributed by atoms with Gasteiger partial charge in [-0.1, -0.05) is 18.5 Å². The second kappa shape index (κ2) is 4.69. The average molecular weight is 298 g/mol. The van der Waals surface area contributed by atoms with Crippen LogP contribution in [0.3, 0.4) is 0 Å². The van der Waals surface area contributed by atoms with Crippen molar-refractivity contribution in [3.63, 3.8) is 0 Å². The standard InChI is InChI=1S/C15H17Cl2NO/c1-3-4-13-11-9-18(2,17)8-7-10-12(16)5-6-14(19-13)15(10)11/h5-6H,1,3-4,7-9H2,2H3/q+1. The molecule has 0 amide bonds. The number of nitrogens with zero attached hydrogens (tertiary/aromatic N) is 1. The third-order valence-corrected chi connectivity index (χ3v) is 4.45. The Morgan fingerprint density at radius 1 is 1.37 bits per heavy atom. The average Bonchev–Trinajstić information content (AvgIpc) is 2.58. The third kappa shape index (κ3) is 2.26. The van der Waals surface area contributed by atoms with Gasteiger partial charge < -0.3 is 4.42 Å². The summed E-state index contributed by atoms with van der Waals surface area (Å²) in [7, 11) is 2.04. The normalized spacial score (nSPS) is 22.7. The Morgan fingerprint density at radius 3 is 2.89 bits per heavy atom. The SMILES string of the molecule is [CH2]CCc1oc2ccc(Cl)c3c2c1C[N+](C)(Cl)CC3. The number of likely N-dealkylation sites (N-methyl/N-ethyl adjacent to an activating group) is 1. The van der Waals surface area contributed by atoms with Crippen LogP contribution in [0.5, 0.6) is 0 Å². The highest BCUT2D eigenvalue weighted by atomic mass is 35.5. The maximum atomic E-state index is 6.57. The molecule has 0 saturated heterocycles. The van der Waals surface area contributed by atoms with Gasteiger partial charge in [-0.25, -0.2) is 4.00 Å². The van der Waals surface area contributed by atoms with Crippen LogP contribution in [0.1, 0.15) is 23.3 Å². The van der Waals surface area contributed by atoms with Crippen molar-refractivity contribution in [2.45, 2.75) is 25.8 Å². The van der Waals surface area contributed by atoms with E-state index < -0.39 is 0 Å². The molecule has 1 unspecified atom stereocenters. The fraction of sp³-hybridized carbons (Fsp3) is 0.400. The summed E-state index contributed by atoms with van der Waals surface area (Å²) < 4.78 is 6.44. The van der Waals surface area contributed by atoms with Gasteiger partial charge in [0.1, 0.15) is 17.9 Å². The van der Waals surface area contributed by atoms with Crippen molar-refractivity contribution in [3.8, 4) is 0 Å². The fourth-order valence-corrected chi connectivity index (χ4v) is 3.33. The number of benzene rings is 1. The molecule has 0 bridgehead atoms. The lowest BCUT2D eigenvalue weighted by Crippen LogP contribution is -2.33. The predicted octanol–water partition coefficient (Wildman–Crippen LogP) is 4.51. The second-order valence-corrected chi connectivity index (χ2v) is 6.63. The molecule has 1 atom stereocenters. The molecule has 0 N–H and O–H groups in total. The van der Waals surface area contributed by atoms with Crippen LogP contribution in [0, 0.1) is 6.92 Å². The van der Waals surface area contributed by atoms with Gasteiger partial charge in [-0.05, 0) is 24.1 Å². The van der Waals surface area contributed by atoms with E-state index in [1.807, 2.05) is 19.2 Å². The minimum Gasteiger partial charge on any atom is -0.461 e. The maximum absolute atomic E-state index is 6.57. The largest absolute Gasteiger partial charge is 0.461 e. The smallest absolute Gasteiger partial charge is 0.165 e. The zero-order valence-electron chi connectivity index (χ0n) is 11.0. The topological polar surface area (TPSA) is 13.1 Å². The molecule has 0 spiro atoms. The molecule has 0 saturated carbocycles. The van der Waals surface area contributed by atoms with Crippen LogP contribution >= 0.6 is 23.4 Å². The van der Waals surface area contributed by atoms with Crippen molar-refractivity contribution in [2.75, 3.05) is 13.6 Å². The monoisotopic (exact) mass is 297 g/mol. The highest BCUT2D eigenvalue weighted by molar-refractivity contribution is 6.32. The van der Waals surface area contributed by atoms with Crippen LogP contribution in [0.25, 0.3) is 11.0 Å². The van der Waals surface area contributed by atoms with Gasteiger partial charge in [-0.2, -0.15) is 0 Å². The summed E-state index contributed by atoms with van der Waals surface area (Å²) in [6, 6.07) is 3.88. The summed E-state index contributed by atoms with van der Waals surface area (Å²) in [5.41, 5.74) is 3.32. The van der Waals surface area contributed by atoms with Crippen LogP contribution in [0.4, 0.5) is 0 Å². The van der Waals surface area contributed by atoms with Crippen LogP contribution in [-0.2, 0) is 19.4 Å². The zero-order chi connectivity index (χ0) is 13.6. The number of hydrogen-bond donors (Lipinski definition) is 0. The Balaban J connectivity index is 2.28. The summed E-state index contributed by atoms with van der Waals surface area (Å²) in [6.45, 7) is 5.57. The Morgan fingerprint density at radius 2 is 2.16 bits per heavy atom. The van der Waals surface area contributed by atoms with Gasteiger partial charge in [0.15, 0.2) is 11.8 Å². The molecule has 2 heterocycles. The van der Waals surface area contributed by atoms with Crippen molar-refractivity contribution in [1.29, 1.82) is 0 Å². The third-order valence-electron chi connectivity index (χ3n) is 3.81. The molecule has 2 aromatic rings. The molecule has 1 aromatic carbocycles. The van der Waals surface area contributed by atoms with Gasteiger partial charge in [0.25, 0.3) is 0 Å². The molecule has 2 nitrogen and oxygen atoms in total. The Kier molecular flexibility index (Phi) is 3.28. The van der Waals surface area contributed by atoms with Crippen molar-refractivity contribution >= 4 is 34.3 Å². The number of aryl methyl sites for hydroxylation is 1. The van der Waals surface area contributed by atoms with Crippen LogP contribution < -0.4 is 0 Å². The van der Waals surface area contributed by atoms with Gasteiger partial charge in [0, 0.05) is 23.3 Å². The number of hydrogen-bond acceptors (Lipinski definition) is 1. The lowest BCUT2D eigenvalue weighted by Gasteiger charge is -2.22. The molecule has 19 heavy (non-hydrogen) atoms. The lowest BCUT2D eigenvalue weighted by atomic mass is 10.0. The Bertz CT molecular complexity index is 631. The van der Waals surface area contributed by atoms with Crippen molar-refractivity contribution in [2.24, 2.45) is 0 Å². The first-order valence-electron chi connectivity index (χ1n) is 6.57. The molecular formula is C15H17Cl2NO+. The van der Waals surface area contributed by atoms with Crippen LogP contribution in [-0.4, -0.2) is 17.6 Å². The first-order chi connectivity index (χ1) is 9.02. The Labute approximate surface area is 123 Å². The first kappa shape index (κ1) is 13.3. The van der Waals surface area contributed by atoms with Gasteiger partial charge in [0.05, 0.1) is 19.2 Å². The summed E-state index contributed by atoms with van der Waals surface area (Å²) in [4.78, 5) is 0. The van der Waals surface area contributed by atoms with Gasteiger partial charge >= 0.3 is 0 Å². The first-order valence-corrected chi connectivity index (χ1v) is 7.28. The maximum Gasteiger partial charge on any atom is 0.165 e. The van der Waals surface area contributed by atoms with E-state index in [1.165, 1.54) is 16.5 Å². The van der Waals surface area contributed by atoms with E-state index in [2.05, 4.69) is 6.92 Å². The molecule has 1 aliphatic rings. The number of furan rings is 1. The molecule has 0 aliphatic carbocycles. The molecular weight excluding hydrogens is 281 g/mol. The summed E-state index contributed by atoms with van der Waals surface area (Å²) >= 11 is 12.9. The van der Waals surface area contributed by atoms with E-state index in [0.717, 1.165) is 48.7 Å². The molecule has 3 rings (SSSR count). The van der Waals surface area contributed by atoms with Crippen molar-refractivity contribution in [3.05, 3.63) is 41.0 Å². The fourth-order valence-electron chi connectivity index (χ4n) is 2.88. The van der Waals surface area contributed by atoms with E-state index in [-0.39, 0.29) is 0 Å². The lowest BCUT2D eigenvalue weighted by molar-refractivity contribution is -0.807. The molecule has 0 fully saturated rings.